The van der Waals surface area contributed by atoms with Crippen LogP contribution in [0.15, 0.2) is 46.0 Å². The highest BCUT2D eigenvalue weighted by Gasteiger charge is 2.17. The Morgan fingerprint density at radius 3 is 2.85 bits per heavy atom. The molecular weight excluding hydrogens is 453 g/mol. The maximum atomic E-state index is 5.58. The van der Waals surface area contributed by atoms with E-state index in [1.165, 1.54) is 19.4 Å². The Morgan fingerprint density at radius 2 is 2.11 bits per heavy atom. The Bertz CT molecular complexity index is 703. The van der Waals surface area contributed by atoms with Crippen LogP contribution >= 0.6 is 24.0 Å². The molecule has 1 saturated heterocycles. The van der Waals surface area contributed by atoms with Crippen molar-refractivity contribution in [2.75, 3.05) is 33.2 Å². The number of hydrogen-bond donors (Lipinski definition) is 2. The van der Waals surface area contributed by atoms with Crippen LogP contribution < -0.4 is 10.6 Å². The highest BCUT2D eigenvalue weighted by Crippen LogP contribution is 2.18. The van der Waals surface area contributed by atoms with E-state index in [1.807, 2.05) is 30.3 Å². The Kier molecular flexibility index (Phi) is 9.06. The average Bonchev–Trinajstić information content (AvgIpc) is 3.14. The van der Waals surface area contributed by atoms with E-state index in [0.717, 1.165) is 36.9 Å². The smallest absolute Gasteiger partial charge is 0.226 e. The summed E-state index contributed by atoms with van der Waals surface area (Å²) in [6, 6.07) is 9.92. The maximum Gasteiger partial charge on any atom is 0.226 e. The van der Waals surface area contributed by atoms with Crippen LogP contribution in [0.25, 0.3) is 11.5 Å². The van der Waals surface area contributed by atoms with Crippen LogP contribution in [0.4, 0.5) is 0 Å². The Balaban J connectivity index is 0.00000261. The number of likely N-dealkylation sites (tertiary alicyclic amines) is 1. The molecule has 1 atom stereocenters. The van der Waals surface area contributed by atoms with Crippen LogP contribution in [0.2, 0.25) is 0 Å². The van der Waals surface area contributed by atoms with Crippen LogP contribution in [0.1, 0.15) is 25.5 Å². The number of piperidine rings is 1. The first-order chi connectivity index (χ1) is 12.7. The van der Waals surface area contributed by atoms with Gasteiger partial charge >= 0.3 is 0 Å². The fraction of sp³-hybridized carbons (Fsp3) is 0.500. The molecule has 0 bridgehead atoms. The topological polar surface area (TPSA) is 65.7 Å². The summed E-state index contributed by atoms with van der Waals surface area (Å²) in [6.45, 7) is 6.72. The van der Waals surface area contributed by atoms with Gasteiger partial charge in [0.1, 0.15) is 12.0 Å². The molecule has 0 spiro atoms. The fourth-order valence-corrected chi connectivity index (χ4v) is 3.28. The van der Waals surface area contributed by atoms with Crippen LogP contribution in [-0.4, -0.2) is 49.1 Å². The molecule has 1 fully saturated rings. The normalized spacial score (nSPS) is 18.0. The van der Waals surface area contributed by atoms with Gasteiger partial charge in [0.2, 0.25) is 5.89 Å². The second-order valence-corrected chi connectivity index (χ2v) is 6.86. The summed E-state index contributed by atoms with van der Waals surface area (Å²) in [7, 11) is 2.19. The van der Waals surface area contributed by atoms with Gasteiger partial charge in [-0.2, -0.15) is 0 Å². The Hall–Kier alpha value is -1.61. The van der Waals surface area contributed by atoms with Crippen molar-refractivity contribution in [3.8, 4) is 11.5 Å². The summed E-state index contributed by atoms with van der Waals surface area (Å²) < 4.78 is 5.58. The van der Waals surface area contributed by atoms with Gasteiger partial charge in [0.05, 0.1) is 6.54 Å². The molecule has 3 rings (SSSR count). The fourth-order valence-electron chi connectivity index (χ4n) is 3.28. The van der Waals surface area contributed by atoms with Crippen LogP contribution in [0.5, 0.6) is 0 Å². The van der Waals surface area contributed by atoms with Crippen molar-refractivity contribution in [3.63, 3.8) is 0 Å². The zero-order valence-electron chi connectivity index (χ0n) is 16.1. The zero-order valence-corrected chi connectivity index (χ0v) is 18.5. The SMILES string of the molecule is CCNC(=NCc1coc(-c2ccccc2)n1)NCC1CCCN(C)C1.I. The predicted molar refractivity (Wildman–Crippen MR) is 120 cm³/mol. The molecule has 0 saturated carbocycles. The summed E-state index contributed by atoms with van der Waals surface area (Å²) in [6.07, 6.45) is 4.24. The number of halogens is 1. The van der Waals surface area contributed by atoms with Gasteiger partial charge in [0, 0.05) is 25.2 Å². The number of oxazole rings is 1. The lowest BCUT2D eigenvalue weighted by Crippen LogP contribution is -2.43. The largest absolute Gasteiger partial charge is 0.444 e. The lowest BCUT2D eigenvalue weighted by atomic mass is 9.99. The molecule has 6 nitrogen and oxygen atoms in total. The summed E-state index contributed by atoms with van der Waals surface area (Å²) in [5, 5.41) is 6.78. The quantitative estimate of drug-likeness (QED) is 0.375. The van der Waals surface area contributed by atoms with E-state index in [1.54, 1.807) is 6.26 Å². The molecule has 7 heteroatoms. The molecule has 1 aromatic carbocycles. The van der Waals surface area contributed by atoms with Crippen LogP contribution in [-0.2, 0) is 6.54 Å². The number of guanidine groups is 1. The van der Waals surface area contributed by atoms with E-state index >= 15 is 0 Å². The third-order valence-electron chi connectivity index (χ3n) is 4.60. The first-order valence-electron chi connectivity index (χ1n) is 9.45. The van der Waals surface area contributed by atoms with E-state index in [0.29, 0.717) is 18.4 Å². The second-order valence-electron chi connectivity index (χ2n) is 6.86. The minimum Gasteiger partial charge on any atom is -0.444 e. The average molecular weight is 483 g/mol. The van der Waals surface area contributed by atoms with Gasteiger partial charge in [-0.1, -0.05) is 18.2 Å². The van der Waals surface area contributed by atoms with E-state index < -0.39 is 0 Å². The van der Waals surface area contributed by atoms with Crippen LogP contribution in [0.3, 0.4) is 0 Å². The van der Waals surface area contributed by atoms with Crippen molar-refractivity contribution >= 4 is 29.9 Å². The molecule has 1 aliphatic rings. The predicted octanol–water partition coefficient (Wildman–Crippen LogP) is 3.36. The molecule has 2 aromatic rings. The molecule has 2 N–H and O–H groups in total. The van der Waals surface area contributed by atoms with E-state index in [-0.39, 0.29) is 24.0 Å². The van der Waals surface area contributed by atoms with Crippen molar-refractivity contribution < 1.29 is 4.42 Å². The number of nitrogens with one attached hydrogen (secondary N) is 2. The molecule has 2 heterocycles. The van der Waals surface area contributed by atoms with Gasteiger partial charge in [-0.15, -0.1) is 24.0 Å². The maximum absolute atomic E-state index is 5.58. The number of aliphatic imine (C=N–C) groups is 1. The Morgan fingerprint density at radius 1 is 1.30 bits per heavy atom. The van der Waals surface area contributed by atoms with E-state index in [4.69, 9.17) is 4.42 Å². The molecule has 0 amide bonds. The first kappa shape index (κ1) is 21.7. The van der Waals surface area contributed by atoms with Gasteiger partial charge in [-0.25, -0.2) is 9.98 Å². The lowest BCUT2D eigenvalue weighted by molar-refractivity contribution is 0.210. The highest BCUT2D eigenvalue weighted by molar-refractivity contribution is 14.0. The molecule has 1 aromatic heterocycles. The van der Waals surface area contributed by atoms with Crippen molar-refractivity contribution in [1.82, 2.24) is 20.5 Å². The van der Waals surface area contributed by atoms with Gasteiger partial charge in [-0.3, -0.25) is 0 Å². The van der Waals surface area contributed by atoms with Crippen molar-refractivity contribution in [1.29, 1.82) is 0 Å². The summed E-state index contributed by atoms with van der Waals surface area (Å²) in [5.74, 6) is 2.15. The molecule has 0 radical (unpaired) electrons. The lowest BCUT2D eigenvalue weighted by Gasteiger charge is -2.30. The standard InChI is InChI=1S/C20H29N5O.HI/c1-3-21-20(22-12-16-8-7-11-25(2)14-16)23-13-18-15-26-19(24-18)17-9-5-4-6-10-17;/h4-6,9-10,15-16H,3,7-8,11-14H2,1-2H3,(H2,21,22,23);1H. The third kappa shape index (κ3) is 6.80. The minimum absolute atomic E-state index is 0. The second kappa shape index (κ2) is 11.3. The van der Waals surface area contributed by atoms with Gasteiger partial charge in [0.15, 0.2) is 5.96 Å². The minimum atomic E-state index is 0. The highest BCUT2D eigenvalue weighted by atomic mass is 127. The van der Waals surface area contributed by atoms with Crippen molar-refractivity contribution in [2.24, 2.45) is 10.9 Å². The molecular formula is C20H30IN5O. The number of aromatic nitrogens is 1. The summed E-state index contributed by atoms with van der Waals surface area (Å²) in [4.78, 5) is 11.6. The van der Waals surface area contributed by atoms with Crippen molar-refractivity contribution in [2.45, 2.75) is 26.3 Å². The van der Waals surface area contributed by atoms with Gasteiger partial charge in [0.25, 0.3) is 0 Å². The number of benzene rings is 1. The number of rotatable bonds is 6. The molecule has 0 aliphatic carbocycles. The number of hydrogen-bond acceptors (Lipinski definition) is 4. The molecule has 1 aliphatic heterocycles. The van der Waals surface area contributed by atoms with Crippen LogP contribution in [0, 0.1) is 5.92 Å². The summed E-state index contributed by atoms with van der Waals surface area (Å²) >= 11 is 0. The monoisotopic (exact) mass is 483 g/mol. The molecule has 1 unspecified atom stereocenters. The van der Waals surface area contributed by atoms with E-state index in [2.05, 4.69) is 39.5 Å². The Labute approximate surface area is 178 Å². The number of nitrogens with zero attached hydrogens (tertiary/aromatic N) is 3. The van der Waals surface area contributed by atoms with Gasteiger partial charge in [-0.05, 0) is 51.4 Å². The molecule has 27 heavy (non-hydrogen) atoms. The third-order valence-corrected chi connectivity index (χ3v) is 4.60. The van der Waals surface area contributed by atoms with Gasteiger partial charge < -0.3 is 20.0 Å². The van der Waals surface area contributed by atoms with E-state index in [9.17, 15) is 0 Å². The van der Waals surface area contributed by atoms with Crippen molar-refractivity contribution in [3.05, 3.63) is 42.3 Å². The molecule has 148 valence electrons. The first-order valence-corrected chi connectivity index (χ1v) is 9.45. The summed E-state index contributed by atoms with van der Waals surface area (Å²) in [5.41, 5.74) is 1.81. The zero-order chi connectivity index (χ0) is 18.2.